The predicted octanol–water partition coefficient (Wildman–Crippen LogP) is 14.9. The van der Waals surface area contributed by atoms with E-state index in [-0.39, 0.29) is 5.41 Å². The van der Waals surface area contributed by atoms with Crippen molar-refractivity contribution in [2.45, 2.75) is 19.3 Å². The Hall–Kier alpha value is -8.38. The van der Waals surface area contributed by atoms with Crippen molar-refractivity contribution < 1.29 is 0 Å². The summed E-state index contributed by atoms with van der Waals surface area (Å²) in [6, 6.07) is 64.9. The first-order valence-corrected chi connectivity index (χ1v) is 21.0. The lowest BCUT2D eigenvalue weighted by Gasteiger charge is -2.24. The minimum absolute atomic E-state index is 0.339. The van der Waals surface area contributed by atoms with Crippen LogP contribution >= 0.6 is 0 Å². The standard InChI is InChI=1S/C57H35N5/c1-57(2)45-20-10-6-16-38(45)41-26-27-42-44-31-36(60-47-21-11-7-17-39(47)40-18-8-12-22-48(40)60)25-29-50(44)62(56(42)55(41)57)52-32-46(59-3)53(30-35(52)33-58)61-49-23-13-9-19-43(49)54-37-15-5-4-14-34(37)24-28-51(54)61/h4-32H,1-2H3. The van der Waals surface area contributed by atoms with Crippen LogP contribution in [-0.2, 0) is 5.41 Å². The predicted molar refractivity (Wildman–Crippen MR) is 256 cm³/mol. The molecule has 0 amide bonds. The Labute approximate surface area is 357 Å². The Morgan fingerprint density at radius 3 is 1.87 bits per heavy atom. The van der Waals surface area contributed by atoms with Gasteiger partial charge in [-0.1, -0.05) is 135 Å². The highest BCUT2D eigenvalue weighted by Gasteiger charge is 2.39. The van der Waals surface area contributed by atoms with Crippen molar-refractivity contribution in [2.24, 2.45) is 0 Å². The molecule has 1 aliphatic rings. The monoisotopic (exact) mass is 789 g/mol. The van der Waals surface area contributed by atoms with Crippen molar-refractivity contribution in [3.63, 3.8) is 0 Å². The van der Waals surface area contributed by atoms with Crippen LogP contribution in [0.1, 0.15) is 30.5 Å². The summed E-state index contributed by atoms with van der Waals surface area (Å²) in [5.74, 6) is 0. The first-order valence-electron chi connectivity index (χ1n) is 21.0. The molecule has 0 bridgehead atoms. The van der Waals surface area contributed by atoms with Gasteiger partial charge in [0.2, 0.25) is 5.69 Å². The molecule has 3 aromatic heterocycles. The number of hydrogen-bond donors (Lipinski definition) is 0. The minimum atomic E-state index is -0.339. The van der Waals surface area contributed by atoms with Crippen LogP contribution in [0.15, 0.2) is 176 Å². The van der Waals surface area contributed by atoms with Gasteiger partial charge in [-0.05, 0) is 87.6 Å². The van der Waals surface area contributed by atoms with E-state index in [1.807, 2.05) is 18.2 Å². The normalized spacial score (nSPS) is 13.1. The largest absolute Gasteiger partial charge is 0.319 e. The zero-order valence-corrected chi connectivity index (χ0v) is 34.0. The van der Waals surface area contributed by atoms with E-state index in [1.165, 1.54) is 33.0 Å². The molecule has 5 nitrogen and oxygen atoms in total. The summed E-state index contributed by atoms with van der Waals surface area (Å²) in [7, 11) is 0. The number of rotatable bonds is 3. The molecular formula is C57H35N5. The molecule has 1 aliphatic carbocycles. The maximum Gasteiger partial charge on any atom is 0.212 e. The van der Waals surface area contributed by atoms with E-state index in [0.717, 1.165) is 71.1 Å². The second-order valence-electron chi connectivity index (χ2n) is 17.1. The zero-order chi connectivity index (χ0) is 41.4. The van der Waals surface area contributed by atoms with Crippen LogP contribution in [-0.4, -0.2) is 13.7 Å². The topological polar surface area (TPSA) is 42.9 Å². The van der Waals surface area contributed by atoms with Crippen molar-refractivity contribution >= 4 is 81.9 Å². The first-order chi connectivity index (χ1) is 30.5. The smallest absolute Gasteiger partial charge is 0.212 e. The summed E-state index contributed by atoms with van der Waals surface area (Å²) >= 11 is 0. The summed E-state index contributed by atoms with van der Waals surface area (Å²) in [6.07, 6.45) is 0. The fourth-order valence-electron chi connectivity index (χ4n) is 11.0. The molecule has 0 saturated carbocycles. The Kier molecular flexibility index (Phi) is 6.86. The number of hydrogen-bond acceptors (Lipinski definition) is 1. The lowest BCUT2D eigenvalue weighted by molar-refractivity contribution is 0.664. The number of aromatic nitrogens is 3. The van der Waals surface area contributed by atoms with Crippen molar-refractivity contribution in [1.82, 2.24) is 13.7 Å². The van der Waals surface area contributed by atoms with E-state index in [0.29, 0.717) is 22.6 Å². The highest BCUT2D eigenvalue weighted by atomic mass is 15.0. The summed E-state index contributed by atoms with van der Waals surface area (Å²) in [5, 5.41) is 20.4. The van der Waals surface area contributed by atoms with Crippen LogP contribution < -0.4 is 0 Å². The summed E-state index contributed by atoms with van der Waals surface area (Å²) < 4.78 is 6.82. The fraction of sp³-hybridized carbons (Fsp3) is 0.0526. The molecule has 12 aromatic rings. The SMILES string of the molecule is [C-]#[N+]c1cc(-n2c3ccc(-n4c5ccccc5c5ccccc54)cc3c3ccc4c(c32)C(C)(C)c2ccccc2-4)c(C#N)cc1-n1c2ccccc2c2c3ccccc3ccc21. The van der Waals surface area contributed by atoms with Crippen LogP contribution in [0.4, 0.5) is 5.69 Å². The van der Waals surface area contributed by atoms with E-state index < -0.39 is 0 Å². The fourth-order valence-corrected chi connectivity index (χ4v) is 11.0. The van der Waals surface area contributed by atoms with Gasteiger partial charge in [-0.25, -0.2) is 4.85 Å². The van der Waals surface area contributed by atoms with Crippen LogP contribution in [0.25, 0.3) is 109 Å². The molecule has 0 unspecified atom stereocenters. The molecular weight excluding hydrogens is 755 g/mol. The molecule has 9 aromatic carbocycles. The Morgan fingerprint density at radius 1 is 0.500 bits per heavy atom. The summed E-state index contributed by atoms with van der Waals surface area (Å²) in [6.45, 7) is 13.4. The van der Waals surface area contributed by atoms with Gasteiger partial charge in [0.05, 0.1) is 56.6 Å². The van der Waals surface area contributed by atoms with Crippen LogP contribution in [0, 0.1) is 17.9 Å². The third kappa shape index (κ3) is 4.39. The van der Waals surface area contributed by atoms with Crippen LogP contribution in [0.2, 0.25) is 0 Å². The summed E-state index contributed by atoms with van der Waals surface area (Å²) in [5.41, 5.74) is 14.3. The molecule has 0 atom stereocenters. The van der Waals surface area contributed by atoms with Crippen molar-refractivity contribution in [3.8, 4) is 34.3 Å². The number of nitriles is 1. The number of nitrogens with zero attached hydrogens (tertiary/aromatic N) is 5. The van der Waals surface area contributed by atoms with Crippen LogP contribution in [0.5, 0.6) is 0 Å². The molecule has 0 N–H and O–H groups in total. The highest BCUT2D eigenvalue weighted by Crippen LogP contribution is 2.53. The van der Waals surface area contributed by atoms with Gasteiger partial charge < -0.3 is 13.7 Å². The third-order valence-corrected chi connectivity index (χ3v) is 13.6. The van der Waals surface area contributed by atoms with E-state index >= 15 is 0 Å². The third-order valence-electron chi connectivity index (χ3n) is 13.6. The van der Waals surface area contributed by atoms with Gasteiger partial charge >= 0.3 is 0 Å². The van der Waals surface area contributed by atoms with Gasteiger partial charge in [0.15, 0.2) is 0 Å². The van der Waals surface area contributed by atoms with Gasteiger partial charge in [-0.15, -0.1) is 0 Å². The molecule has 0 aliphatic heterocycles. The van der Waals surface area contributed by atoms with E-state index in [9.17, 15) is 5.26 Å². The molecule has 3 heterocycles. The van der Waals surface area contributed by atoms with Crippen LogP contribution in [0.3, 0.4) is 0 Å². The average Bonchev–Trinajstić information content (AvgIpc) is 4.02. The average molecular weight is 790 g/mol. The molecule has 0 radical (unpaired) electrons. The van der Waals surface area contributed by atoms with Gasteiger partial charge in [0, 0.05) is 43.4 Å². The van der Waals surface area contributed by atoms with Gasteiger partial charge in [-0.3, -0.25) is 0 Å². The van der Waals surface area contributed by atoms with E-state index in [1.54, 1.807) is 0 Å². The van der Waals surface area contributed by atoms with Crippen molar-refractivity contribution in [2.75, 3.05) is 0 Å². The number of benzene rings is 9. The number of fused-ring (bicyclic) bond motifs is 15. The lowest BCUT2D eigenvalue weighted by Crippen LogP contribution is -2.16. The lowest BCUT2D eigenvalue weighted by atomic mass is 9.81. The van der Waals surface area contributed by atoms with E-state index in [2.05, 4.69) is 196 Å². The first kappa shape index (κ1) is 34.5. The Morgan fingerprint density at radius 2 is 1.13 bits per heavy atom. The van der Waals surface area contributed by atoms with Crippen molar-refractivity contribution in [1.29, 1.82) is 5.26 Å². The molecule has 288 valence electrons. The zero-order valence-electron chi connectivity index (χ0n) is 34.0. The maximum atomic E-state index is 11.3. The summed E-state index contributed by atoms with van der Waals surface area (Å²) in [4.78, 5) is 4.25. The molecule has 0 spiro atoms. The molecule has 62 heavy (non-hydrogen) atoms. The number of para-hydroxylation sites is 3. The quantitative estimate of drug-likeness (QED) is 0.164. The molecule has 0 saturated heterocycles. The second-order valence-corrected chi connectivity index (χ2v) is 17.1. The van der Waals surface area contributed by atoms with Gasteiger partial charge in [0.25, 0.3) is 0 Å². The molecule has 5 heteroatoms. The highest BCUT2D eigenvalue weighted by molar-refractivity contribution is 6.22. The van der Waals surface area contributed by atoms with E-state index in [4.69, 9.17) is 6.57 Å². The second kappa shape index (κ2) is 12.3. The Balaban J connectivity index is 1.14. The Bertz CT molecular complexity index is 3990. The van der Waals surface area contributed by atoms with Crippen molar-refractivity contribution in [3.05, 3.63) is 204 Å². The maximum absolute atomic E-state index is 11.3. The van der Waals surface area contributed by atoms with Gasteiger partial charge in [-0.2, -0.15) is 5.26 Å². The van der Waals surface area contributed by atoms with Gasteiger partial charge in [0.1, 0.15) is 6.07 Å². The molecule has 0 fully saturated rings. The minimum Gasteiger partial charge on any atom is -0.319 e. The molecule has 13 rings (SSSR count).